The number of benzene rings is 1. The number of nitrogens with one attached hydrogen (secondary N) is 4. The first-order chi connectivity index (χ1) is 12.0. The fourth-order valence-electron chi connectivity index (χ4n) is 1.99. The van der Waals surface area contributed by atoms with Crippen molar-refractivity contribution in [3.05, 3.63) is 46.7 Å². The van der Waals surface area contributed by atoms with E-state index in [9.17, 15) is 14.4 Å². The van der Waals surface area contributed by atoms with E-state index in [-0.39, 0.29) is 5.91 Å². The summed E-state index contributed by atoms with van der Waals surface area (Å²) in [5.41, 5.74) is 1.36. The van der Waals surface area contributed by atoms with Crippen LogP contribution in [0.1, 0.15) is 23.5 Å². The van der Waals surface area contributed by atoms with Gasteiger partial charge in [-0.15, -0.1) is 11.3 Å². The summed E-state index contributed by atoms with van der Waals surface area (Å²) in [5.74, 6) is -0.591. The molecule has 4 amide bonds. The second kappa shape index (κ2) is 8.84. The van der Waals surface area contributed by atoms with Crippen molar-refractivity contribution in [1.82, 2.24) is 10.6 Å². The van der Waals surface area contributed by atoms with Crippen LogP contribution in [0, 0.1) is 0 Å². The highest BCUT2D eigenvalue weighted by molar-refractivity contribution is 7.12. The molecule has 0 bridgehead atoms. The van der Waals surface area contributed by atoms with Gasteiger partial charge in [0.15, 0.2) is 0 Å². The first-order valence-electron chi connectivity index (χ1n) is 7.79. The lowest BCUT2D eigenvalue weighted by Gasteiger charge is -2.15. The number of rotatable bonds is 6. The van der Waals surface area contributed by atoms with Gasteiger partial charge in [-0.3, -0.25) is 14.9 Å². The number of thiophene rings is 1. The largest absolute Gasteiger partial charge is 0.374 e. The molecule has 7 nitrogen and oxygen atoms in total. The molecule has 1 aromatic carbocycles. The zero-order valence-corrected chi connectivity index (χ0v) is 14.8. The molecular weight excluding hydrogens is 340 g/mol. The van der Waals surface area contributed by atoms with Crippen molar-refractivity contribution in [2.45, 2.75) is 19.9 Å². The molecule has 2 aromatic rings. The molecular formula is C17H20N4O3S. The van der Waals surface area contributed by atoms with Gasteiger partial charge in [0.2, 0.25) is 5.91 Å². The van der Waals surface area contributed by atoms with Crippen LogP contribution < -0.4 is 21.3 Å². The standard InChI is InChI=1S/C17H20N4O3S/c1-3-18-17(24)21-15(22)11(2)19-12-6-8-13(9-7-12)20-16(23)14-5-4-10-25-14/h4-11,19H,3H2,1-2H3,(H,20,23)(H2,18,21,22,24)/t11-/m0/s1. The first kappa shape index (κ1) is 18.5. The van der Waals surface area contributed by atoms with Crippen LogP contribution in [-0.2, 0) is 4.79 Å². The van der Waals surface area contributed by atoms with Gasteiger partial charge in [-0.05, 0) is 49.6 Å². The Labute approximate surface area is 149 Å². The van der Waals surface area contributed by atoms with Crippen molar-refractivity contribution in [3.8, 4) is 0 Å². The summed E-state index contributed by atoms with van der Waals surface area (Å²) in [5, 5.41) is 12.4. The van der Waals surface area contributed by atoms with Crippen molar-refractivity contribution in [1.29, 1.82) is 0 Å². The Morgan fingerprint density at radius 1 is 1.08 bits per heavy atom. The second-order valence-corrected chi connectivity index (χ2v) is 6.17. The number of amides is 4. The molecule has 0 spiro atoms. The summed E-state index contributed by atoms with van der Waals surface area (Å²) in [6, 6.07) is 9.44. The van der Waals surface area contributed by atoms with E-state index in [1.54, 1.807) is 44.2 Å². The minimum atomic E-state index is -0.589. The smallest absolute Gasteiger partial charge is 0.321 e. The van der Waals surface area contributed by atoms with Gasteiger partial charge >= 0.3 is 6.03 Å². The fraction of sp³-hybridized carbons (Fsp3) is 0.235. The maximum Gasteiger partial charge on any atom is 0.321 e. The van der Waals surface area contributed by atoms with Gasteiger partial charge in [0.25, 0.3) is 5.91 Å². The third kappa shape index (κ3) is 5.61. The topological polar surface area (TPSA) is 99.3 Å². The van der Waals surface area contributed by atoms with E-state index in [0.29, 0.717) is 22.8 Å². The lowest BCUT2D eigenvalue weighted by molar-refractivity contribution is -0.120. The average molecular weight is 360 g/mol. The van der Waals surface area contributed by atoms with Crippen molar-refractivity contribution >= 4 is 40.6 Å². The number of anilines is 2. The van der Waals surface area contributed by atoms with Crippen molar-refractivity contribution < 1.29 is 14.4 Å². The van der Waals surface area contributed by atoms with Crippen LogP contribution in [-0.4, -0.2) is 30.4 Å². The second-order valence-electron chi connectivity index (χ2n) is 5.22. The number of hydrogen-bond donors (Lipinski definition) is 4. The third-order valence-corrected chi connectivity index (χ3v) is 4.11. The normalized spacial score (nSPS) is 11.3. The predicted octanol–water partition coefficient (Wildman–Crippen LogP) is 2.65. The molecule has 0 aliphatic heterocycles. The molecule has 132 valence electrons. The minimum absolute atomic E-state index is 0.162. The molecule has 0 aliphatic carbocycles. The van der Waals surface area contributed by atoms with E-state index in [2.05, 4.69) is 21.3 Å². The quantitative estimate of drug-likeness (QED) is 0.636. The van der Waals surface area contributed by atoms with Crippen LogP contribution in [0.25, 0.3) is 0 Å². The number of imide groups is 1. The lowest BCUT2D eigenvalue weighted by Crippen LogP contribution is -2.45. The van der Waals surface area contributed by atoms with Gasteiger partial charge in [-0.2, -0.15) is 0 Å². The van der Waals surface area contributed by atoms with Gasteiger partial charge in [0.05, 0.1) is 4.88 Å². The summed E-state index contributed by atoms with van der Waals surface area (Å²) in [6.07, 6.45) is 0. The summed E-state index contributed by atoms with van der Waals surface area (Å²) < 4.78 is 0. The van der Waals surface area contributed by atoms with Gasteiger partial charge in [0, 0.05) is 17.9 Å². The van der Waals surface area contributed by atoms with E-state index >= 15 is 0 Å². The molecule has 0 fully saturated rings. The van der Waals surface area contributed by atoms with Crippen LogP contribution in [0.4, 0.5) is 16.2 Å². The maximum atomic E-state index is 12.0. The summed E-state index contributed by atoms with van der Waals surface area (Å²) >= 11 is 1.37. The average Bonchev–Trinajstić information content (AvgIpc) is 3.11. The van der Waals surface area contributed by atoms with Crippen LogP contribution in [0.2, 0.25) is 0 Å². The van der Waals surface area contributed by atoms with Gasteiger partial charge in [-0.25, -0.2) is 4.79 Å². The van der Waals surface area contributed by atoms with Crippen LogP contribution >= 0.6 is 11.3 Å². The van der Waals surface area contributed by atoms with E-state index in [0.717, 1.165) is 0 Å². The molecule has 0 saturated carbocycles. The number of carbonyl (C=O) groups is 3. The van der Waals surface area contributed by atoms with Crippen molar-refractivity contribution in [3.63, 3.8) is 0 Å². The monoisotopic (exact) mass is 360 g/mol. The Balaban J connectivity index is 1.88. The molecule has 25 heavy (non-hydrogen) atoms. The lowest BCUT2D eigenvalue weighted by atomic mass is 10.2. The van der Waals surface area contributed by atoms with Gasteiger partial charge < -0.3 is 16.0 Å². The first-order valence-corrected chi connectivity index (χ1v) is 8.67. The van der Waals surface area contributed by atoms with E-state index in [1.807, 2.05) is 11.4 Å². The summed E-state index contributed by atoms with van der Waals surface area (Å²) in [6.45, 7) is 3.87. The zero-order chi connectivity index (χ0) is 18.2. The highest BCUT2D eigenvalue weighted by atomic mass is 32.1. The van der Waals surface area contributed by atoms with Crippen LogP contribution in [0.3, 0.4) is 0 Å². The van der Waals surface area contributed by atoms with Crippen molar-refractivity contribution in [2.75, 3.05) is 17.2 Å². The number of hydrogen-bond acceptors (Lipinski definition) is 5. The molecule has 0 saturated heterocycles. The van der Waals surface area contributed by atoms with E-state index in [1.165, 1.54) is 11.3 Å². The highest BCUT2D eigenvalue weighted by Crippen LogP contribution is 2.17. The molecule has 0 unspecified atom stereocenters. The molecule has 4 N–H and O–H groups in total. The molecule has 8 heteroatoms. The Kier molecular flexibility index (Phi) is 6.53. The molecule has 2 rings (SSSR count). The number of urea groups is 1. The predicted molar refractivity (Wildman–Crippen MR) is 99.0 cm³/mol. The summed E-state index contributed by atoms with van der Waals surface area (Å²) in [7, 11) is 0. The molecule has 1 aromatic heterocycles. The molecule has 0 aliphatic rings. The third-order valence-electron chi connectivity index (χ3n) is 3.24. The van der Waals surface area contributed by atoms with E-state index < -0.39 is 18.0 Å². The highest BCUT2D eigenvalue weighted by Gasteiger charge is 2.15. The summed E-state index contributed by atoms with van der Waals surface area (Å²) in [4.78, 5) is 35.8. The minimum Gasteiger partial charge on any atom is -0.374 e. The zero-order valence-electron chi connectivity index (χ0n) is 14.0. The number of carbonyl (C=O) groups excluding carboxylic acids is 3. The molecule has 0 radical (unpaired) electrons. The Bertz CT molecular complexity index is 729. The fourth-order valence-corrected chi connectivity index (χ4v) is 2.61. The van der Waals surface area contributed by atoms with Crippen LogP contribution in [0.5, 0.6) is 0 Å². The SMILES string of the molecule is CCNC(=O)NC(=O)[C@H](C)Nc1ccc(NC(=O)c2cccs2)cc1. The maximum absolute atomic E-state index is 12.0. The van der Waals surface area contributed by atoms with Crippen molar-refractivity contribution in [2.24, 2.45) is 0 Å². The van der Waals surface area contributed by atoms with E-state index in [4.69, 9.17) is 0 Å². The Morgan fingerprint density at radius 2 is 1.76 bits per heavy atom. The van der Waals surface area contributed by atoms with Gasteiger partial charge in [-0.1, -0.05) is 6.07 Å². The molecule has 1 atom stereocenters. The van der Waals surface area contributed by atoms with Crippen LogP contribution in [0.15, 0.2) is 41.8 Å². The Morgan fingerprint density at radius 3 is 2.36 bits per heavy atom. The Hall–Kier alpha value is -2.87. The molecule has 1 heterocycles. The van der Waals surface area contributed by atoms with Gasteiger partial charge in [0.1, 0.15) is 6.04 Å².